The van der Waals surface area contributed by atoms with Crippen LogP contribution in [0.1, 0.15) is 66.3 Å². The van der Waals surface area contributed by atoms with Crippen LogP contribution in [0.4, 0.5) is 0 Å². The zero-order chi connectivity index (χ0) is 13.7. The molecule has 3 aliphatic carbocycles. The smallest absolute Gasteiger partial charge is 0.343 e. The van der Waals surface area contributed by atoms with Crippen molar-refractivity contribution in [1.29, 1.82) is 0 Å². The summed E-state index contributed by atoms with van der Waals surface area (Å²) in [5, 5.41) is 4.04. The molecule has 1 aromatic heterocycles. The summed E-state index contributed by atoms with van der Waals surface area (Å²) < 4.78 is 10.8. The molecule has 0 N–H and O–H groups in total. The average Bonchev–Trinajstić information content (AvgIpc) is 3.27. The van der Waals surface area contributed by atoms with Crippen LogP contribution in [0.15, 0.2) is 4.52 Å². The van der Waals surface area contributed by atoms with E-state index in [9.17, 15) is 4.79 Å². The third kappa shape index (κ3) is 2.36. The van der Waals surface area contributed by atoms with Crippen LogP contribution in [-0.2, 0) is 4.74 Å². The first kappa shape index (κ1) is 12.4. The van der Waals surface area contributed by atoms with Crippen molar-refractivity contribution in [3.05, 3.63) is 17.0 Å². The summed E-state index contributed by atoms with van der Waals surface area (Å²) in [6.45, 7) is 2.39. The van der Waals surface area contributed by atoms with Gasteiger partial charge in [0.25, 0.3) is 0 Å². The van der Waals surface area contributed by atoms with Gasteiger partial charge in [0.15, 0.2) is 0 Å². The van der Waals surface area contributed by atoms with E-state index in [-0.39, 0.29) is 5.97 Å². The van der Waals surface area contributed by atoms with Gasteiger partial charge < -0.3 is 9.26 Å². The van der Waals surface area contributed by atoms with Gasteiger partial charge in [-0.15, -0.1) is 0 Å². The second kappa shape index (κ2) is 4.61. The second-order valence-electron chi connectivity index (χ2n) is 6.71. The van der Waals surface area contributed by atoms with Gasteiger partial charge in [0.05, 0.1) is 6.61 Å². The number of rotatable bonds is 6. The Labute approximate surface area is 118 Å². The van der Waals surface area contributed by atoms with Crippen LogP contribution in [0.2, 0.25) is 0 Å². The summed E-state index contributed by atoms with van der Waals surface area (Å²) in [7, 11) is 0. The molecular weight excluding hydrogens is 254 g/mol. The summed E-state index contributed by atoms with van der Waals surface area (Å²) >= 11 is 0. The van der Waals surface area contributed by atoms with Gasteiger partial charge in [-0.25, -0.2) is 4.79 Å². The lowest BCUT2D eigenvalue weighted by atomic mass is 9.99. The van der Waals surface area contributed by atoms with Gasteiger partial charge in [-0.1, -0.05) is 5.16 Å². The van der Waals surface area contributed by atoms with Crippen LogP contribution in [-0.4, -0.2) is 17.7 Å². The Kier molecular flexibility index (Phi) is 2.86. The molecular formula is C16H21NO3. The van der Waals surface area contributed by atoms with Crippen LogP contribution in [0.25, 0.3) is 0 Å². The van der Waals surface area contributed by atoms with Crippen molar-refractivity contribution in [3.63, 3.8) is 0 Å². The van der Waals surface area contributed by atoms with Gasteiger partial charge in [0, 0.05) is 5.92 Å². The van der Waals surface area contributed by atoms with E-state index in [0.717, 1.165) is 30.4 Å². The van der Waals surface area contributed by atoms with E-state index in [0.29, 0.717) is 29.8 Å². The number of nitrogens with zero attached hydrogens (tertiary/aromatic N) is 1. The van der Waals surface area contributed by atoms with Gasteiger partial charge >= 0.3 is 5.97 Å². The third-order valence-electron chi connectivity index (χ3n) is 4.92. The molecule has 0 saturated heterocycles. The molecule has 0 radical (unpaired) electrons. The van der Waals surface area contributed by atoms with E-state index < -0.39 is 0 Å². The van der Waals surface area contributed by atoms with Crippen LogP contribution in [0.3, 0.4) is 0 Å². The molecule has 1 heterocycles. The lowest BCUT2D eigenvalue weighted by Gasteiger charge is -2.15. The molecule has 0 aliphatic heterocycles. The maximum absolute atomic E-state index is 12.3. The molecule has 0 unspecified atom stereocenters. The predicted octanol–water partition coefficient (Wildman–Crippen LogP) is 3.45. The van der Waals surface area contributed by atoms with Gasteiger partial charge in [-0.05, 0) is 63.2 Å². The number of aryl methyl sites for hydroxylation is 1. The minimum absolute atomic E-state index is 0.225. The molecule has 108 valence electrons. The van der Waals surface area contributed by atoms with Gasteiger partial charge in [0.1, 0.15) is 17.0 Å². The van der Waals surface area contributed by atoms with Crippen molar-refractivity contribution in [2.45, 2.75) is 51.4 Å². The maximum Gasteiger partial charge on any atom is 0.343 e. The Morgan fingerprint density at radius 1 is 1.25 bits per heavy atom. The van der Waals surface area contributed by atoms with Crippen LogP contribution >= 0.6 is 0 Å². The topological polar surface area (TPSA) is 52.3 Å². The zero-order valence-corrected chi connectivity index (χ0v) is 11.9. The number of esters is 1. The van der Waals surface area contributed by atoms with Crippen molar-refractivity contribution in [2.75, 3.05) is 6.61 Å². The van der Waals surface area contributed by atoms with E-state index in [2.05, 4.69) is 5.16 Å². The van der Waals surface area contributed by atoms with E-state index in [4.69, 9.17) is 9.26 Å². The van der Waals surface area contributed by atoms with Crippen LogP contribution < -0.4 is 0 Å². The summed E-state index contributed by atoms with van der Waals surface area (Å²) in [4.78, 5) is 12.3. The summed E-state index contributed by atoms with van der Waals surface area (Å²) in [6, 6.07) is 0. The monoisotopic (exact) mass is 275 g/mol. The molecule has 4 rings (SSSR count). The van der Waals surface area contributed by atoms with Crippen molar-refractivity contribution in [2.24, 2.45) is 17.8 Å². The zero-order valence-electron chi connectivity index (χ0n) is 11.9. The second-order valence-corrected chi connectivity index (χ2v) is 6.71. The number of carbonyl (C=O) groups is 1. The van der Waals surface area contributed by atoms with Crippen LogP contribution in [0.5, 0.6) is 0 Å². The van der Waals surface area contributed by atoms with Gasteiger partial charge in [-0.3, -0.25) is 0 Å². The van der Waals surface area contributed by atoms with E-state index in [1.165, 1.54) is 25.7 Å². The molecule has 3 saturated carbocycles. The maximum atomic E-state index is 12.3. The number of carbonyl (C=O) groups excluding carboxylic acids is 1. The van der Waals surface area contributed by atoms with Gasteiger partial charge in [0.2, 0.25) is 0 Å². The molecule has 20 heavy (non-hydrogen) atoms. The summed E-state index contributed by atoms with van der Waals surface area (Å²) in [5.41, 5.74) is 1.42. The molecule has 4 nitrogen and oxygen atoms in total. The molecule has 0 amide bonds. The average molecular weight is 275 g/mol. The number of ether oxygens (including phenoxy) is 1. The van der Waals surface area contributed by atoms with Gasteiger partial charge in [-0.2, -0.15) is 0 Å². The Morgan fingerprint density at radius 2 is 1.90 bits per heavy atom. The lowest BCUT2D eigenvalue weighted by Crippen LogP contribution is -2.18. The Bertz CT molecular complexity index is 512. The lowest BCUT2D eigenvalue weighted by molar-refractivity contribution is 0.0401. The first-order valence-corrected chi connectivity index (χ1v) is 7.87. The molecule has 0 bridgehead atoms. The fourth-order valence-corrected chi connectivity index (χ4v) is 3.22. The van der Waals surface area contributed by atoms with Crippen molar-refractivity contribution < 1.29 is 14.1 Å². The number of aromatic nitrogens is 1. The van der Waals surface area contributed by atoms with E-state index >= 15 is 0 Å². The molecule has 3 fully saturated rings. The summed E-state index contributed by atoms with van der Waals surface area (Å²) in [5.74, 6) is 3.01. The minimum atomic E-state index is -0.225. The molecule has 0 aromatic carbocycles. The standard InChI is InChI=1S/C16H21NO3/c1-9-14(15(17-20-9)12-6-7-12)16(18)19-8-13(10-2-3-10)11-4-5-11/h10-13H,2-8H2,1H3. The Hall–Kier alpha value is -1.32. The highest BCUT2D eigenvalue weighted by atomic mass is 16.5. The minimum Gasteiger partial charge on any atom is -0.462 e. The fourth-order valence-electron chi connectivity index (χ4n) is 3.22. The third-order valence-corrected chi connectivity index (χ3v) is 4.92. The van der Waals surface area contributed by atoms with E-state index in [1.54, 1.807) is 6.92 Å². The molecule has 1 aromatic rings. The van der Waals surface area contributed by atoms with Crippen molar-refractivity contribution in [1.82, 2.24) is 5.16 Å². The molecule has 0 atom stereocenters. The first-order chi connectivity index (χ1) is 9.74. The SMILES string of the molecule is Cc1onc(C2CC2)c1C(=O)OCC(C1CC1)C1CC1. The predicted molar refractivity (Wildman–Crippen MR) is 72.4 cm³/mol. The normalized spacial score (nSPS) is 22.3. The largest absolute Gasteiger partial charge is 0.462 e. The van der Waals surface area contributed by atoms with Crippen LogP contribution in [0, 0.1) is 24.7 Å². The number of hydrogen-bond acceptors (Lipinski definition) is 4. The molecule has 0 spiro atoms. The van der Waals surface area contributed by atoms with Crippen molar-refractivity contribution in [3.8, 4) is 0 Å². The highest BCUT2D eigenvalue weighted by Crippen LogP contribution is 2.49. The number of hydrogen-bond donors (Lipinski definition) is 0. The van der Waals surface area contributed by atoms with Crippen molar-refractivity contribution >= 4 is 5.97 Å². The summed E-state index contributed by atoms with van der Waals surface area (Å²) in [6.07, 6.45) is 7.49. The van der Waals surface area contributed by atoms with E-state index in [1.807, 2.05) is 0 Å². The highest BCUT2D eigenvalue weighted by molar-refractivity contribution is 5.91. The highest BCUT2D eigenvalue weighted by Gasteiger charge is 2.42. The Morgan fingerprint density at radius 3 is 2.45 bits per heavy atom. The molecule has 3 aliphatic rings. The Balaban J connectivity index is 1.43. The first-order valence-electron chi connectivity index (χ1n) is 7.87. The quantitative estimate of drug-likeness (QED) is 0.746. The fraction of sp³-hybridized carbons (Fsp3) is 0.750. The molecule has 4 heteroatoms.